The fourth-order valence-corrected chi connectivity index (χ4v) is 1.64. The van der Waals surface area contributed by atoms with Gasteiger partial charge < -0.3 is 15.2 Å². The van der Waals surface area contributed by atoms with Crippen LogP contribution in [0, 0.1) is 5.41 Å². The van der Waals surface area contributed by atoms with E-state index in [1.165, 1.54) is 26.0 Å². The minimum absolute atomic E-state index is 0.0857. The van der Waals surface area contributed by atoms with Crippen LogP contribution >= 0.6 is 0 Å². The third kappa shape index (κ3) is 5.80. The third-order valence-electron chi connectivity index (χ3n) is 3.20. The summed E-state index contributed by atoms with van der Waals surface area (Å²) in [6.07, 6.45) is -4.38. The summed E-state index contributed by atoms with van der Waals surface area (Å²) in [4.78, 5) is 22.5. The lowest BCUT2D eigenvalue weighted by Crippen LogP contribution is -2.34. The van der Waals surface area contributed by atoms with E-state index in [2.05, 4.69) is 5.32 Å². The summed E-state index contributed by atoms with van der Waals surface area (Å²) >= 11 is 0. The van der Waals surface area contributed by atoms with E-state index in [0.717, 1.165) is 12.1 Å². The van der Waals surface area contributed by atoms with Crippen molar-refractivity contribution in [1.82, 2.24) is 5.32 Å². The molecule has 0 saturated heterocycles. The maximum Gasteiger partial charge on any atom is 0.419 e. The molecule has 1 aromatic rings. The molecule has 5 nitrogen and oxygen atoms in total. The van der Waals surface area contributed by atoms with Crippen molar-refractivity contribution in [2.75, 3.05) is 13.2 Å². The van der Waals surface area contributed by atoms with Crippen LogP contribution in [0.2, 0.25) is 0 Å². The number of carbonyl (C=O) groups excluding carboxylic acids is 1. The van der Waals surface area contributed by atoms with Crippen molar-refractivity contribution in [2.24, 2.45) is 5.41 Å². The minimum atomic E-state index is -4.57. The highest BCUT2D eigenvalue weighted by atomic mass is 19.4. The summed E-state index contributed by atoms with van der Waals surface area (Å²) in [6.45, 7) is 2.53. The Morgan fingerprint density at radius 3 is 2.39 bits per heavy atom. The van der Waals surface area contributed by atoms with E-state index in [9.17, 15) is 22.8 Å². The molecular weight excluding hydrogens is 315 g/mol. The number of hydrogen-bond donors (Lipinski definition) is 2. The number of halogens is 3. The Balaban J connectivity index is 2.51. The highest BCUT2D eigenvalue weighted by Gasteiger charge is 2.34. The molecule has 8 heteroatoms. The van der Waals surface area contributed by atoms with Crippen molar-refractivity contribution in [3.05, 3.63) is 29.8 Å². The van der Waals surface area contributed by atoms with Crippen LogP contribution in [0.25, 0.3) is 0 Å². The number of aliphatic carboxylic acids is 1. The van der Waals surface area contributed by atoms with E-state index in [-0.39, 0.29) is 13.0 Å². The number of alkyl halides is 3. The van der Waals surface area contributed by atoms with Crippen LogP contribution in [0.5, 0.6) is 5.75 Å². The SMILES string of the molecule is CC(C)(CCNC(=O)COc1ccccc1C(F)(F)F)C(=O)O. The molecule has 1 aromatic carbocycles. The first-order valence-corrected chi connectivity index (χ1v) is 6.83. The number of ether oxygens (including phenoxy) is 1. The van der Waals surface area contributed by atoms with Gasteiger partial charge in [-0.3, -0.25) is 9.59 Å². The molecule has 0 saturated carbocycles. The molecule has 0 aliphatic carbocycles. The molecule has 0 spiro atoms. The van der Waals surface area contributed by atoms with Gasteiger partial charge in [-0.2, -0.15) is 13.2 Å². The third-order valence-corrected chi connectivity index (χ3v) is 3.20. The Morgan fingerprint density at radius 2 is 1.83 bits per heavy atom. The monoisotopic (exact) mass is 333 g/mol. The molecule has 0 atom stereocenters. The molecule has 1 amide bonds. The van der Waals surface area contributed by atoms with Gasteiger partial charge in [-0.25, -0.2) is 0 Å². The van der Waals surface area contributed by atoms with Gasteiger partial charge >= 0.3 is 12.1 Å². The van der Waals surface area contributed by atoms with Gasteiger partial charge in [0.05, 0.1) is 11.0 Å². The normalized spacial score (nSPS) is 11.9. The molecule has 0 radical (unpaired) electrons. The van der Waals surface area contributed by atoms with Crippen LogP contribution in [-0.2, 0) is 15.8 Å². The van der Waals surface area contributed by atoms with Crippen molar-refractivity contribution in [1.29, 1.82) is 0 Å². The Morgan fingerprint density at radius 1 is 1.22 bits per heavy atom. The predicted octanol–water partition coefficient (Wildman–Crippen LogP) is 2.70. The zero-order valence-electron chi connectivity index (χ0n) is 12.7. The van der Waals surface area contributed by atoms with Crippen LogP contribution in [-0.4, -0.2) is 30.1 Å². The highest BCUT2D eigenvalue weighted by molar-refractivity contribution is 5.78. The lowest BCUT2D eigenvalue weighted by atomic mass is 9.90. The Hall–Kier alpha value is -2.25. The van der Waals surface area contributed by atoms with Crippen molar-refractivity contribution >= 4 is 11.9 Å². The lowest BCUT2D eigenvalue weighted by Gasteiger charge is -2.19. The van der Waals surface area contributed by atoms with Gasteiger partial charge in [-0.1, -0.05) is 12.1 Å². The van der Waals surface area contributed by atoms with Gasteiger partial charge in [0.2, 0.25) is 0 Å². The van der Waals surface area contributed by atoms with Crippen LogP contribution in [0.1, 0.15) is 25.8 Å². The van der Waals surface area contributed by atoms with Gasteiger partial charge in [-0.05, 0) is 32.4 Å². The molecule has 0 heterocycles. The van der Waals surface area contributed by atoms with Gasteiger partial charge in [0.15, 0.2) is 6.61 Å². The number of benzene rings is 1. The first-order valence-electron chi connectivity index (χ1n) is 6.83. The molecule has 0 aliphatic rings. The average molecular weight is 333 g/mol. The minimum Gasteiger partial charge on any atom is -0.483 e. The number of nitrogens with one attached hydrogen (secondary N) is 1. The molecule has 0 unspecified atom stereocenters. The number of hydrogen-bond acceptors (Lipinski definition) is 3. The number of rotatable bonds is 7. The van der Waals surface area contributed by atoms with Gasteiger partial charge in [0.25, 0.3) is 5.91 Å². The molecule has 128 valence electrons. The Labute approximate surface area is 131 Å². The largest absolute Gasteiger partial charge is 0.483 e. The number of carboxylic acids is 1. The zero-order chi connectivity index (χ0) is 17.7. The summed E-state index contributed by atoms with van der Waals surface area (Å²) < 4.78 is 43.1. The number of amides is 1. The first kappa shape index (κ1) is 18.8. The Kier molecular flexibility index (Phi) is 6.00. The summed E-state index contributed by atoms with van der Waals surface area (Å²) in [6, 6.07) is 4.59. The summed E-state index contributed by atoms with van der Waals surface area (Å²) in [5.41, 5.74) is -1.96. The molecule has 2 N–H and O–H groups in total. The van der Waals surface area contributed by atoms with Crippen LogP contribution in [0.4, 0.5) is 13.2 Å². The van der Waals surface area contributed by atoms with E-state index < -0.39 is 41.4 Å². The molecule has 0 aliphatic heterocycles. The van der Waals surface area contributed by atoms with Crippen LogP contribution < -0.4 is 10.1 Å². The number of carboxylic acid groups (broad SMARTS) is 1. The molecule has 0 aromatic heterocycles. The fraction of sp³-hybridized carbons (Fsp3) is 0.467. The van der Waals surface area contributed by atoms with Crippen LogP contribution in [0.3, 0.4) is 0 Å². The predicted molar refractivity (Wildman–Crippen MR) is 76.0 cm³/mol. The standard InChI is InChI=1S/C15H18F3NO4/c1-14(2,13(21)22)7-8-19-12(20)9-23-11-6-4-3-5-10(11)15(16,17)18/h3-6H,7-9H2,1-2H3,(H,19,20)(H,21,22). The first-order chi connectivity index (χ1) is 10.5. The van der Waals surface area contributed by atoms with E-state index >= 15 is 0 Å². The van der Waals surface area contributed by atoms with Gasteiger partial charge in [0, 0.05) is 6.54 Å². The summed E-state index contributed by atoms with van der Waals surface area (Å²) in [5, 5.41) is 11.3. The molecule has 1 rings (SSSR count). The smallest absolute Gasteiger partial charge is 0.419 e. The van der Waals surface area contributed by atoms with Crippen LogP contribution in [0.15, 0.2) is 24.3 Å². The second kappa shape index (κ2) is 7.34. The summed E-state index contributed by atoms with van der Waals surface area (Å²) in [5.74, 6) is -2.05. The highest BCUT2D eigenvalue weighted by Crippen LogP contribution is 2.35. The molecule has 0 bridgehead atoms. The fourth-order valence-electron chi connectivity index (χ4n) is 1.64. The van der Waals surface area contributed by atoms with Crippen molar-refractivity contribution in [3.8, 4) is 5.75 Å². The van der Waals surface area contributed by atoms with E-state index in [0.29, 0.717) is 0 Å². The van der Waals surface area contributed by atoms with E-state index in [1.807, 2.05) is 0 Å². The van der Waals surface area contributed by atoms with Crippen molar-refractivity contribution in [3.63, 3.8) is 0 Å². The molecule has 23 heavy (non-hydrogen) atoms. The number of para-hydroxylation sites is 1. The van der Waals surface area contributed by atoms with Gasteiger partial charge in [-0.15, -0.1) is 0 Å². The molecule has 0 fully saturated rings. The second-order valence-corrected chi connectivity index (χ2v) is 5.57. The summed E-state index contributed by atoms with van der Waals surface area (Å²) in [7, 11) is 0. The van der Waals surface area contributed by atoms with E-state index in [1.54, 1.807) is 0 Å². The Bertz CT molecular complexity index is 570. The molecular formula is C15H18F3NO4. The topological polar surface area (TPSA) is 75.6 Å². The zero-order valence-corrected chi connectivity index (χ0v) is 12.7. The van der Waals surface area contributed by atoms with Crippen molar-refractivity contribution < 1.29 is 32.6 Å². The second-order valence-electron chi connectivity index (χ2n) is 5.57. The maximum absolute atomic E-state index is 12.7. The van der Waals surface area contributed by atoms with Gasteiger partial charge in [0.1, 0.15) is 5.75 Å². The van der Waals surface area contributed by atoms with Crippen molar-refractivity contribution in [2.45, 2.75) is 26.4 Å². The average Bonchev–Trinajstić information content (AvgIpc) is 2.44. The van der Waals surface area contributed by atoms with E-state index in [4.69, 9.17) is 9.84 Å². The quantitative estimate of drug-likeness (QED) is 0.804. The number of carbonyl (C=O) groups is 2. The maximum atomic E-state index is 12.7. The lowest BCUT2D eigenvalue weighted by molar-refractivity contribution is -0.147.